The van der Waals surface area contributed by atoms with Crippen molar-refractivity contribution in [3.63, 3.8) is 0 Å². The number of hydrogen-bond donors (Lipinski definition) is 1. The fraction of sp³-hybridized carbons (Fsp3) is 0. The second kappa shape index (κ2) is 5.25. The molecule has 0 aliphatic carbocycles. The summed E-state index contributed by atoms with van der Waals surface area (Å²) in [4.78, 5) is 17.4. The zero-order chi connectivity index (χ0) is 15.9. The van der Waals surface area contributed by atoms with Gasteiger partial charge in [-0.2, -0.15) is 0 Å². The molecular formula is C19H12N4S. The van der Waals surface area contributed by atoms with Crippen molar-refractivity contribution in [2.45, 2.75) is 0 Å². The predicted octanol–water partition coefficient (Wildman–Crippen LogP) is 4.90. The number of rotatable bonds is 2. The van der Waals surface area contributed by atoms with Crippen molar-refractivity contribution in [1.82, 2.24) is 19.9 Å². The molecule has 3 heterocycles. The van der Waals surface area contributed by atoms with E-state index in [1.807, 2.05) is 60.7 Å². The topological polar surface area (TPSA) is 54.5 Å². The van der Waals surface area contributed by atoms with Gasteiger partial charge in [0, 0.05) is 0 Å². The van der Waals surface area contributed by atoms with Crippen LogP contribution in [0.5, 0.6) is 0 Å². The molecule has 3 aromatic heterocycles. The molecule has 4 nitrogen and oxygen atoms in total. The minimum Gasteiger partial charge on any atom is -0.337 e. The number of hydrogen-bond acceptors (Lipinski definition) is 4. The average Bonchev–Trinajstić information content (AvgIpc) is 3.26. The Kier molecular flexibility index (Phi) is 2.93. The number of imidazole rings is 1. The molecule has 1 N–H and O–H groups in total. The molecule has 0 spiro atoms. The fourth-order valence-corrected chi connectivity index (χ4v) is 3.68. The summed E-state index contributed by atoms with van der Waals surface area (Å²) in [5.41, 5.74) is 4.66. The van der Waals surface area contributed by atoms with Crippen LogP contribution in [-0.4, -0.2) is 19.9 Å². The first-order valence-electron chi connectivity index (χ1n) is 7.65. The number of H-pyrrole nitrogens is 1. The number of aromatic nitrogens is 4. The number of pyridine rings is 1. The Morgan fingerprint density at radius 1 is 0.667 bits per heavy atom. The SMILES string of the molecule is c1cc(-c2nc3ccccc3[nH]2)nc(-c2nc3ccccc3s2)c1. The van der Waals surface area contributed by atoms with Crippen LogP contribution < -0.4 is 0 Å². The van der Waals surface area contributed by atoms with Gasteiger partial charge in [-0.15, -0.1) is 11.3 Å². The van der Waals surface area contributed by atoms with Gasteiger partial charge < -0.3 is 4.98 Å². The highest BCUT2D eigenvalue weighted by atomic mass is 32.1. The summed E-state index contributed by atoms with van der Waals surface area (Å²) < 4.78 is 1.17. The van der Waals surface area contributed by atoms with Crippen molar-refractivity contribution in [2.75, 3.05) is 0 Å². The van der Waals surface area contributed by atoms with Gasteiger partial charge >= 0.3 is 0 Å². The molecule has 114 valence electrons. The first-order chi connectivity index (χ1) is 11.9. The van der Waals surface area contributed by atoms with E-state index in [4.69, 9.17) is 4.98 Å². The second-order valence-electron chi connectivity index (χ2n) is 5.50. The normalized spacial score (nSPS) is 11.3. The minimum atomic E-state index is 0.777. The van der Waals surface area contributed by atoms with E-state index in [9.17, 15) is 0 Å². The van der Waals surface area contributed by atoms with Gasteiger partial charge in [-0.1, -0.05) is 30.3 Å². The van der Waals surface area contributed by atoms with Crippen molar-refractivity contribution < 1.29 is 0 Å². The van der Waals surface area contributed by atoms with Gasteiger partial charge in [0.1, 0.15) is 10.7 Å². The van der Waals surface area contributed by atoms with Gasteiger partial charge in [-0.3, -0.25) is 0 Å². The Morgan fingerprint density at radius 2 is 1.46 bits per heavy atom. The molecule has 5 heteroatoms. The highest BCUT2D eigenvalue weighted by molar-refractivity contribution is 7.21. The number of para-hydroxylation sites is 3. The Hall–Kier alpha value is -3.05. The van der Waals surface area contributed by atoms with E-state index < -0.39 is 0 Å². The van der Waals surface area contributed by atoms with E-state index >= 15 is 0 Å². The standard InChI is InChI=1S/C19H12N4S/c1-2-7-13-12(6-1)21-18(22-13)15-9-5-10-16(20-15)19-23-14-8-3-4-11-17(14)24-19/h1-11H,(H,21,22). The zero-order valence-corrected chi connectivity index (χ0v) is 13.4. The molecule has 24 heavy (non-hydrogen) atoms. The minimum absolute atomic E-state index is 0.777. The Labute approximate surface area is 141 Å². The molecule has 0 amide bonds. The van der Waals surface area contributed by atoms with E-state index in [-0.39, 0.29) is 0 Å². The molecule has 5 aromatic rings. The summed E-state index contributed by atoms with van der Waals surface area (Å²) in [5, 5.41) is 0.925. The summed E-state index contributed by atoms with van der Waals surface area (Å²) in [6.45, 7) is 0. The van der Waals surface area contributed by atoms with Gasteiger partial charge in [0.05, 0.1) is 26.9 Å². The lowest BCUT2D eigenvalue weighted by atomic mass is 10.3. The lowest BCUT2D eigenvalue weighted by Crippen LogP contribution is -1.88. The van der Waals surface area contributed by atoms with Gasteiger partial charge in [-0.25, -0.2) is 15.0 Å². The number of thiazole rings is 1. The molecule has 5 rings (SSSR count). The largest absolute Gasteiger partial charge is 0.337 e. The van der Waals surface area contributed by atoms with Crippen LogP contribution in [0.25, 0.3) is 43.5 Å². The second-order valence-corrected chi connectivity index (χ2v) is 6.53. The maximum Gasteiger partial charge on any atom is 0.157 e. The van der Waals surface area contributed by atoms with Crippen molar-refractivity contribution >= 4 is 32.6 Å². The number of fused-ring (bicyclic) bond motifs is 2. The maximum absolute atomic E-state index is 4.76. The van der Waals surface area contributed by atoms with Crippen molar-refractivity contribution in [3.05, 3.63) is 66.7 Å². The van der Waals surface area contributed by atoms with Crippen LogP contribution in [0.1, 0.15) is 0 Å². The Bertz CT molecular complexity index is 1020. The number of benzene rings is 2. The average molecular weight is 328 g/mol. The molecule has 0 aliphatic heterocycles. The van der Waals surface area contributed by atoms with Crippen LogP contribution in [0.3, 0.4) is 0 Å². The van der Waals surface area contributed by atoms with Crippen LogP contribution in [0, 0.1) is 0 Å². The third kappa shape index (κ3) is 2.18. The highest BCUT2D eigenvalue weighted by Crippen LogP contribution is 2.30. The maximum atomic E-state index is 4.76. The van der Waals surface area contributed by atoms with E-state index in [2.05, 4.69) is 21.0 Å². The predicted molar refractivity (Wildman–Crippen MR) is 97.9 cm³/mol. The number of nitrogens with one attached hydrogen (secondary N) is 1. The summed E-state index contributed by atoms with van der Waals surface area (Å²) in [7, 11) is 0. The summed E-state index contributed by atoms with van der Waals surface area (Å²) in [6, 6.07) is 22.1. The van der Waals surface area contributed by atoms with Crippen molar-refractivity contribution in [3.8, 4) is 22.2 Å². The molecule has 0 unspecified atom stereocenters. The molecule has 0 fully saturated rings. The zero-order valence-electron chi connectivity index (χ0n) is 12.6. The molecule has 2 aromatic carbocycles. The van der Waals surface area contributed by atoms with Crippen LogP contribution in [0.15, 0.2) is 66.7 Å². The van der Waals surface area contributed by atoms with Gasteiger partial charge in [-0.05, 0) is 36.4 Å². The fourth-order valence-electron chi connectivity index (χ4n) is 2.74. The highest BCUT2D eigenvalue weighted by Gasteiger charge is 2.10. The van der Waals surface area contributed by atoms with E-state index in [1.165, 1.54) is 4.70 Å². The number of aromatic amines is 1. The molecule has 0 bridgehead atoms. The first-order valence-corrected chi connectivity index (χ1v) is 8.47. The quantitative estimate of drug-likeness (QED) is 0.501. The molecular weight excluding hydrogens is 316 g/mol. The van der Waals surface area contributed by atoms with Gasteiger partial charge in [0.15, 0.2) is 5.82 Å². The first kappa shape index (κ1) is 13.4. The lowest BCUT2D eigenvalue weighted by Gasteiger charge is -1.99. The molecule has 0 saturated carbocycles. The third-order valence-electron chi connectivity index (χ3n) is 3.89. The van der Waals surface area contributed by atoms with Gasteiger partial charge in [0.2, 0.25) is 0 Å². The third-order valence-corrected chi connectivity index (χ3v) is 4.95. The van der Waals surface area contributed by atoms with Crippen molar-refractivity contribution in [1.29, 1.82) is 0 Å². The Balaban J connectivity index is 1.62. The summed E-state index contributed by atoms with van der Waals surface area (Å²) >= 11 is 1.66. The van der Waals surface area contributed by atoms with Crippen LogP contribution >= 0.6 is 11.3 Å². The van der Waals surface area contributed by atoms with Crippen molar-refractivity contribution in [2.24, 2.45) is 0 Å². The van der Waals surface area contributed by atoms with Crippen LogP contribution in [0.2, 0.25) is 0 Å². The van der Waals surface area contributed by atoms with Gasteiger partial charge in [0.25, 0.3) is 0 Å². The molecule has 0 saturated heterocycles. The summed E-state index contributed by atoms with van der Waals surface area (Å²) in [6.07, 6.45) is 0. The Morgan fingerprint density at radius 3 is 2.33 bits per heavy atom. The van der Waals surface area contributed by atoms with E-state index in [1.54, 1.807) is 11.3 Å². The summed E-state index contributed by atoms with van der Waals surface area (Å²) in [5.74, 6) is 0.777. The van der Waals surface area contributed by atoms with Crippen LogP contribution in [0.4, 0.5) is 0 Å². The molecule has 0 aliphatic rings. The van der Waals surface area contributed by atoms with Crippen LogP contribution in [-0.2, 0) is 0 Å². The smallest absolute Gasteiger partial charge is 0.157 e. The van der Waals surface area contributed by atoms with E-state index in [0.29, 0.717) is 0 Å². The lowest BCUT2D eigenvalue weighted by molar-refractivity contribution is 1.23. The number of nitrogens with zero attached hydrogens (tertiary/aromatic N) is 3. The molecule has 0 radical (unpaired) electrons. The molecule has 0 atom stereocenters. The monoisotopic (exact) mass is 328 g/mol. The van der Waals surface area contributed by atoms with E-state index in [0.717, 1.165) is 38.8 Å².